The van der Waals surface area contributed by atoms with Crippen LogP contribution in [0.15, 0.2) is 72.8 Å². The van der Waals surface area contributed by atoms with Crippen molar-refractivity contribution < 1.29 is 27.4 Å². The Bertz CT molecular complexity index is 1300. The molecule has 0 radical (unpaired) electrons. The van der Waals surface area contributed by atoms with Gasteiger partial charge in [-0.2, -0.15) is 5.26 Å². The largest absolute Gasteiger partial charge is 0.573 e. The Morgan fingerprint density at radius 3 is 2.26 bits per heavy atom. The minimum Gasteiger partial charge on any atom is -0.406 e. The number of alkyl halides is 3. The first-order valence-corrected chi connectivity index (χ1v) is 10.9. The number of hydrogen-bond acceptors (Lipinski definition) is 4. The molecule has 5 rings (SSSR count). The van der Waals surface area contributed by atoms with Crippen molar-refractivity contribution >= 4 is 29.0 Å². The van der Waals surface area contributed by atoms with Crippen molar-refractivity contribution in [2.45, 2.75) is 17.9 Å². The zero-order chi connectivity index (χ0) is 24.8. The molecule has 35 heavy (non-hydrogen) atoms. The number of rotatable bonds is 4. The monoisotopic (exact) mass is 499 g/mol. The van der Waals surface area contributed by atoms with E-state index >= 15 is 0 Å². The number of benzene rings is 3. The molecule has 2 heterocycles. The van der Waals surface area contributed by atoms with Gasteiger partial charge in [0.1, 0.15) is 11.3 Å². The first-order chi connectivity index (χ1) is 16.7. The van der Waals surface area contributed by atoms with E-state index < -0.39 is 17.9 Å². The Balaban J connectivity index is 1.66. The molecule has 0 saturated carbocycles. The summed E-state index contributed by atoms with van der Waals surface area (Å²) >= 11 is 6.05. The number of carbonyl (C=O) groups excluding carboxylic acids is 1. The lowest BCUT2D eigenvalue weighted by Gasteiger charge is -2.47. The summed E-state index contributed by atoms with van der Waals surface area (Å²) in [6.07, 6.45) is -4.86. The van der Waals surface area contributed by atoms with Crippen molar-refractivity contribution in [3.63, 3.8) is 0 Å². The van der Waals surface area contributed by atoms with Crippen molar-refractivity contribution in [1.29, 1.82) is 5.26 Å². The van der Waals surface area contributed by atoms with Crippen molar-refractivity contribution in [1.82, 2.24) is 0 Å². The maximum absolute atomic E-state index is 13.9. The first kappa shape index (κ1) is 23.0. The molecule has 178 valence electrons. The minimum atomic E-state index is -4.86. The molecule has 0 unspecified atom stereocenters. The van der Waals surface area contributed by atoms with Crippen LogP contribution in [-0.4, -0.2) is 31.1 Å². The first-order valence-electron chi connectivity index (χ1n) is 10.5. The number of urea groups is 1. The third-order valence-electron chi connectivity index (χ3n) is 6.08. The number of anilines is 2. The van der Waals surface area contributed by atoms with Crippen LogP contribution >= 0.6 is 11.6 Å². The minimum absolute atomic E-state index is 0.165. The Morgan fingerprint density at radius 1 is 1.03 bits per heavy atom. The summed E-state index contributed by atoms with van der Waals surface area (Å²) in [7, 11) is 0. The molecule has 2 amide bonds. The van der Waals surface area contributed by atoms with E-state index in [2.05, 4.69) is 4.74 Å². The highest BCUT2D eigenvalue weighted by atomic mass is 35.5. The van der Waals surface area contributed by atoms with Crippen LogP contribution < -0.4 is 14.5 Å². The lowest BCUT2D eigenvalue weighted by atomic mass is 9.82. The van der Waals surface area contributed by atoms with Gasteiger partial charge in [-0.3, -0.25) is 9.80 Å². The number of nitriles is 1. The van der Waals surface area contributed by atoms with E-state index in [1.807, 2.05) is 6.07 Å². The maximum Gasteiger partial charge on any atom is 0.573 e. The van der Waals surface area contributed by atoms with Gasteiger partial charge in [-0.25, -0.2) is 4.79 Å². The smallest absolute Gasteiger partial charge is 0.406 e. The maximum atomic E-state index is 13.9. The van der Waals surface area contributed by atoms with Gasteiger partial charge < -0.3 is 9.47 Å². The van der Waals surface area contributed by atoms with Crippen LogP contribution in [0, 0.1) is 11.3 Å². The molecule has 0 aromatic heterocycles. The molecule has 1 spiro atoms. The topological polar surface area (TPSA) is 65.8 Å². The molecule has 2 fully saturated rings. The summed E-state index contributed by atoms with van der Waals surface area (Å²) in [6, 6.07) is 19.8. The average Bonchev–Trinajstić information content (AvgIpc) is 3.08. The molecule has 3 aromatic carbocycles. The van der Waals surface area contributed by atoms with Crippen molar-refractivity contribution in [2.75, 3.05) is 23.0 Å². The molecule has 6 nitrogen and oxygen atoms in total. The Labute approximate surface area is 203 Å². The Hall–Kier alpha value is -3.74. The van der Waals surface area contributed by atoms with E-state index in [0.29, 0.717) is 27.5 Å². The molecule has 0 aliphatic carbocycles. The molecular formula is C25H17ClF3N3O3. The SMILES string of the molecule is N#Cc1ccc(N2C(=O)N(c3ccc(Cl)cc3)[C@H](c3cccc(OC(F)(F)F)c3)C23COC3)cc1. The molecule has 1 atom stereocenters. The molecule has 10 heteroatoms. The lowest BCUT2D eigenvalue weighted by molar-refractivity contribution is -0.274. The van der Waals surface area contributed by atoms with E-state index in [-0.39, 0.29) is 25.0 Å². The van der Waals surface area contributed by atoms with Crippen LogP contribution in [0.2, 0.25) is 5.02 Å². The molecule has 2 aliphatic heterocycles. The standard InChI is InChI=1S/C25H17ClF3N3O3/c26-18-6-10-19(11-7-18)31-22(17-2-1-3-21(12-17)35-25(27,28)29)24(14-34-15-24)32(23(31)33)20-8-4-16(13-30)5-9-20/h1-12,22H,14-15H2/t22-/m1/s1. The second kappa shape index (κ2) is 8.48. The van der Waals surface area contributed by atoms with Crippen LogP contribution in [0.3, 0.4) is 0 Å². The number of nitrogens with zero attached hydrogens (tertiary/aromatic N) is 3. The van der Waals surface area contributed by atoms with E-state index in [1.165, 1.54) is 23.1 Å². The van der Waals surface area contributed by atoms with Crippen LogP contribution in [0.25, 0.3) is 0 Å². The van der Waals surface area contributed by atoms with Crippen LogP contribution in [0.5, 0.6) is 5.75 Å². The highest BCUT2D eigenvalue weighted by molar-refractivity contribution is 6.30. The summed E-state index contributed by atoms with van der Waals surface area (Å²) in [4.78, 5) is 17.1. The third kappa shape index (κ3) is 4.05. The summed E-state index contributed by atoms with van der Waals surface area (Å²) in [5, 5.41) is 9.63. The van der Waals surface area contributed by atoms with E-state index in [4.69, 9.17) is 21.6 Å². The third-order valence-corrected chi connectivity index (χ3v) is 6.33. The zero-order valence-corrected chi connectivity index (χ0v) is 18.8. The van der Waals surface area contributed by atoms with E-state index in [9.17, 15) is 18.0 Å². The fourth-order valence-corrected chi connectivity index (χ4v) is 4.75. The number of ether oxygens (including phenoxy) is 2. The second-order valence-corrected chi connectivity index (χ2v) is 8.68. The average molecular weight is 500 g/mol. The molecule has 0 N–H and O–H groups in total. The van der Waals surface area contributed by atoms with Crippen LogP contribution in [0.1, 0.15) is 17.2 Å². The highest BCUT2D eigenvalue weighted by Gasteiger charge is 2.63. The predicted octanol–water partition coefficient (Wildman–Crippen LogP) is 6.07. The molecule has 3 aromatic rings. The molecular weight excluding hydrogens is 483 g/mol. The Kier molecular flexibility index (Phi) is 5.58. The molecule has 2 aliphatic rings. The summed E-state index contributed by atoms with van der Waals surface area (Å²) in [5.74, 6) is -0.384. The number of carbonyl (C=O) groups is 1. The van der Waals surface area contributed by atoms with Gasteiger partial charge in [0.15, 0.2) is 0 Å². The second-order valence-electron chi connectivity index (χ2n) is 8.24. The summed E-state index contributed by atoms with van der Waals surface area (Å²) in [6.45, 7) is 0.329. The normalized spacial score (nSPS) is 18.9. The van der Waals surface area contributed by atoms with Crippen molar-refractivity contribution in [2.24, 2.45) is 0 Å². The fraction of sp³-hybridized carbons (Fsp3) is 0.200. The summed E-state index contributed by atoms with van der Waals surface area (Å²) in [5.41, 5.74) is 1.05. The number of hydrogen-bond donors (Lipinski definition) is 0. The van der Waals surface area contributed by atoms with Gasteiger partial charge in [0.05, 0.1) is 30.9 Å². The van der Waals surface area contributed by atoms with Gasteiger partial charge >= 0.3 is 12.4 Å². The predicted molar refractivity (Wildman–Crippen MR) is 122 cm³/mol. The highest BCUT2D eigenvalue weighted by Crippen LogP contribution is 2.51. The van der Waals surface area contributed by atoms with Gasteiger partial charge in [0, 0.05) is 16.4 Å². The van der Waals surface area contributed by atoms with E-state index in [1.54, 1.807) is 59.5 Å². The zero-order valence-electron chi connectivity index (χ0n) is 18.0. The van der Waals surface area contributed by atoms with Crippen LogP contribution in [0.4, 0.5) is 29.3 Å². The van der Waals surface area contributed by atoms with Crippen molar-refractivity contribution in [3.8, 4) is 11.8 Å². The molecule has 2 saturated heterocycles. The van der Waals surface area contributed by atoms with Gasteiger partial charge in [-0.05, 0) is 66.2 Å². The summed E-state index contributed by atoms with van der Waals surface area (Å²) < 4.78 is 48.5. The van der Waals surface area contributed by atoms with E-state index in [0.717, 1.165) is 0 Å². The molecule has 0 bridgehead atoms. The van der Waals surface area contributed by atoms with Crippen LogP contribution in [-0.2, 0) is 4.74 Å². The van der Waals surface area contributed by atoms with Gasteiger partial charge in [0.2, 0.25) is 0 Å². The number of halogens is 4. The number of amides is 2. The Morgan fingerprint density at radius 2 is 1.69 bits per heavy atom. The van der Waals surface area contributed by atoms with Gasteiger partial charge in [-0.15, -0.1) is 13.2 Å². The quantitative estimate of drug-likeness (QED) is 0.437. The fourth-order valence-electron chi connectivity index (χ4n) is 4.62. The van der Waals surface area contributed by atoms with Crippen molar-refractivity contribution in [3.05, 3.63) is 88.9 Å². The van der Waals surface area contributed by atoms with Gasteiger partial charge in [-0.1, -0.05) is 23.7 Å². The lowest BCUT2D eigenvalue weighted by Crippen LogP contribution is -2.62. The van der Waals surface area contributed by atoms with Gasteiger partial charge in [0.25, 0.3) is 0 Å².